The Balaban J connectivity index is 2.14. The summed E-state index contributed by atoms with van der Waals surface area (Å²) in [4.78, 5) is 22.7. The first-order valence-corrected chi connectivity index (χ1v) is 7.74. The van der Waals surface area contributed by atoms with E-state index in [2.05, 4.69) is 10.5 Å². The van der Waals surface area contributed by atoms with Crippen LogP contribution in [0.25, 0.3) is 0 Å². The maximum atomic E-state index is 12.2. The van der Waals surface area contributed by atoms with Crippen LogP contribution in [0, 0.1) is 13.8 Å². The van der Waals surface area contributed by atoms with E-state index in [0.717, 1.165) is 0 Å². The molecule has 8 nitrogen and oxygen atoms in total. The molecule has 1 amide bonds. The summed E-state index contributed by atoms with van der Waals surface area (Å²) in [5.41, 5.74) is 4.09. The van der Waals surface area contributed by atoms with E-state index in [0.29, 0.717) is 34.1 Å². The van der Waals surface area contributed by atoms with Gasteiger partial charge in [0, 0.05) is 5.56 Å². The third-order valence-corrected chi connectivity index (χ3v) is 3.54. The van der Waals surface area contributed by atoms with Gasteiger partial charge in [-0.15, -0.1) is 0 Å². The number of nitrogens with one attached hydrogen (secondary N) is 1. The maximum Gasteiger partial charge on any atom is 0.274 e. The number of hydrazone groups is 1. The third-order valence-electron chi connectivity index (χ3n) is 3.54. The smallest absolute Gasteiger partial charge is 0.274 e. The van der Waals surface area contributed by atoms with Crippen LogP contribution in [0.5, 0.6) is 11.5 Å². The Morgan fingerprint density at radius 1 is 1.23 bits per heavy atom. The van der Waals surface area contributed by atoms with Crippen molar-refractivity contribution in [1.82, 2.24) is 5.43 Å². The number of aliphatic carboxylic acids is 1. The number of carboxylic acid groups (broad SMARTS) is 1. The zero-order chi connectivity index (χ0) is 19.3. The highest BCUT2D eigenvalue weighted by molar-refractivity contribution is 6.01. The minimum absolute atomic E-state index is 0.266. The fraction of sp³-hybridized carbons (Fsp3) is 0.278. The van der Waals surface area contributed by atoms with E-state index in [1.54, 1.807) is 45.0 Å². The molecule has 0 unspecified atom stereocenters. The van der Waals surface area contributed by atoms with E-state index in [-0.39, 0.29) is 11.7 Å². The number of methoxy groups -OCH3 is 1. The lowest BCUT2D eigenvalue weighted by Crippen LogP contribution is -2.29. The van der Waals surface area contributed by atoms with Gasteiger partial charge in [0.1, 0.15) is 18.1 Å². The molecule has 0 fully saturated rings. The zero-order valence-corrected chi connectivity index (χ0v) is 14.9. The summed E-state index contributed by atoms with van der Waals surface area (Å²) >= 11 is 0. The molecule has 0 aliphatic heterocycles. The highest BCUT2D eigenvalue weighted by Gasteiger charge is 2.13. The average Bonchev–Trinajstić information content (AvgIpc) is 2.95. The van der Waals surface area contributed by atoms with Crippen LogP contribution < -0.4 is 20.0 Å². The van der Waals surface area contributed by atoms with Crippen molar-refractivity contribution in [2.45, 2.75) is 20.8 Å². The lowest BCUT2D eigenvalue weighted by atomic mass is 10.1. The van der Waals surface area contributed by atoms with Gasteiger partial charge in [-0.3, -0.25) is 4.79 Å². The fourth-order valence-electron chi connectivity index (χ4n) is 2.26. The Kier molecular flexibility index (Phi) is 6.00. The number of carboxylic acids is 1. The van der Waals surface area contributed by atoms with Crippen molar-refractivity contribution in [1.29, 1.82) is 0 Å². The van der Waals surface area contributed by atoms with Gasteiger partial charge in [-0.05, 0) is 45.0 Å². The van der Waals surface area contributed by atoms with E-state index in [1.165, 1.54) is 7.11 Å². The average molecular weight is 359 g/mol. The van der Waals surface area contributed by atoms with Crippen LogP contribution in [0.4, 0.5) is 0 Å². The van der Waals surface area contributed by atoms with E-state index in [1.807, 2.05) is 0 Å². The number of hydrogen-bond donors (Lipinski definition) is 1. The summed E-state index contributed by atoms with van der Waals surface area (Å²) in [6.45, 7) is 4.59. The Hall–Kier alpha value is -3.29. The van der Waals surface area contributed by atoms with Gasteiger partial charge < -0.3 is 23.8 Å². The molecule has 138 valence electrons. The molecule has 0 aliphatic carbocycles. The van der Waals surface area contributed by atoms with Gasteiger partial charge in [-0.2, -0.15) is 5.10 Å². The molecule has 1 N–H and O–H groups in total. The Labute approximate surface area is 150 Å². The van der Waals surface area contributed by atoms with E-state index in [9.17, 15) is 14.7 Å². The number of benzene rings is 1. The molecule has 0 saturated heterocycles. The van der Waals surface area contributed by atoms with Crippen LogP contribution in [0.2, 0.25) is 0 Å². The second kappa shape index (κ2) is 8.19. The molecule has 1 aromatic heterocycles. The molecular formula is C18H19N2O6-. The summed E-state index contributed by atoms with van der Waals surface area (Å²) in [5.74, 6) is 0.0582. The highest BCUT2D eigenvalue weighted by Crippen LogP contribution is 2.28. The van der Waals surface area contributed by atoms with Gasteiger partial charge in [-0.25, -0.2) is 5.43 Å². The first-order valence-electron chi connectivity index (χ1n) is 7.74. The quantitative estimate of drug-likeness (QED) is 0.587. The maximum absolute atomic E-state index is 12.2. The van der Waals surface area contributed by atoms with Crippen molar-refractivity contribution in [2.24, 2.45) is 5.10 Å². The zero-order valence-electron chi connectivity index (χ0n) is 14.9. The first-order chi connectivity index (χ1) is 12.3. The predicted molar refractivity (Wildman–Crippen MR) is 91.4 cm³/mol. The fourth-order valence-corrected chi connectivity index (χ4v) is 2.26. The van der Waals surface area contributed by atoms with Crippen LogP contribution in [0.1, 0.15) is 34.4 Å². The van der Waals surface area contributed by atoms with E-state index in [4.69, 9.17) is 13.9 Å². The van der Waals surface area contributed by atoms with Crippen molar-refractivity contribution in [3.05, 3.63) is 46.9 Å². The lowest BCUT2D eigenvalue weighted by Gasteiger charge is -2.12. The SMILES string of the molecule is COc1cc(/C(C)=N\NC(=O)c2cc(C)oc2C)ccc1OCC(=O)[O-]. The van der Waals surface area contributed by atoms with Gasteiger partial charge in [0.2, 0.25) is 0 Å². The van der Waals surface area contributed by atoms with E-state index >= 15 is 0 Å². The minimum Gasteiger partial charge on any atom is -0.546 e. The van der Waals surface area contributed by atoms with Crippen molar-refractivity contribution in [3.63, 3.8) is 0 Å². The second-order valence-corrected chi connectivity index (χ2v) is 5.49. The number of amides is 1. The van der Waals surface area contributed by atoms with Crippen molar-refractivity contribution in [3.8, 4) is 11.5 Å². The molecule has 0 aliphatic rings. The second-order valence-electron chi connectivity index (χ2n) is 5.49. The Bertz CT molecular complexity index is 853. The van der Waals surface area contributed by atoms with Crippen LogP contribution >= 0.6 is 0 Å². The molecule has 0 bridgehead atoms. The number of furan rings is 1. The summed E-state index contributed by atoms with van der Waals surface area (Å²) in [5, 5.41) is 14.6. The van der Waals surface area contributed by atoms with Crippen molar-refractivity contribution in [2.75, 3.05) is 13.7 Å². The molecule has 1 heterocycles. The monoisotopic (exact) mass is 359 g/mol. The molecular weight excluding hydrogens is 340 g/mol. The molecule has 1 aromatic carbocycles. The molecule has 2 rings (SSSR count). The molecule has 0 atom stereocenters. The summed E-state index contributed by atoms with van der Waals surface area (Å²) in [7, 11) is 1.43. The highest BCUT2D eigenvalue weighted by atomic mass is 16.5. The molecule has 2 aromatic rings. The number of aryl methyl sites for hydroxylation is 2. The Morgan fingerprint density at radius 2 is 1.96 bits per heavy atom. The number of carbonyl (C=O) groups is 2. The predicted octanol–water partition coefficient (Wildman–Crippen LogP) is 1.19. The van der Waals surface area contributed by atoms with Crippen LogP contribution in [0.15, 0.2) is 33.8 Å². The summed E-state index contributed by atoms with van der Waals surface area (Å²) < 4.78 is 15.6. The van der Waals surface area contributed by atoms with Gasteiger partial charge in [-0.1, -0.05) is 0 Å². The largest absolute Gasteiger partial charge is 0.546 e. The van der Waals surface area contributed by atoms with Gasteiger partial charge >= 0.3 is 0 Å². The van der Waals surface area contributed by atoms with Crippen LogP contribution in [-0.2, 0) is 4.79 Å². The summed E-state index contributed by atoms with van der Waals surface area (Å²) in [6, 6.07) is 6.50. The topological polar surface area (TPSA) is 113 Å². The van der Waals surface area contributed by atoms with Crippen LogP contribution in [0.3, 0.4) is 0 Å². The third kappa shape index (κ3) is 4.62. The van der Waals surface area contributed by atoms with Gasteiger partial charge in [0.25, 0.3) is 5.91 Å². The van der Waals surface area contributed by atoms with Crippen molar-refractivity contribution < 1.29 is 28.6 Å². The van der Waals surface area contributed by atoms with Crippen LogP contribution in [-0.4, -0.2) is 31.3 Å². The molecule has 8 heteroatoms. The number of hydrogen-bond acceptors (Lipinski definition) is 7. The number of rotatable bonds is 7. The lowest BCUT2D eigenvalue weighted by molar-refractivity contribution is -0.307. The number of ether oxygens (including phenoxy) is 2. The molecule has 26 heavy (non-hydrogen) atoms. The number of carbonyl (C=O) groups excluding carboxylic acids is 2. The normalized spacial score (nSPS) is 11.2. The summed E-state index contributed by atoms with van der Waals surface area (Å²) in [6.07, 6.45) is 0. The first kappa shape index (κ1) is 19.0. The van der Waals surface area contributed by atoms with Gasteiger partial charge in [0.05, 0.1) is 24.4 Å². The molecule has 0 saturated carbocycles. The minimum atomic E-state index is -1.33. The molecule has 0 radical (unpaired) electrons. The van der Waals surface area contributed by atoms with E-state index < -0.39 is 12.6 Å². The molecule has 0 spiro atoms. The Morgan fingerprint density at radius 3 is 2.54 bits per heavy atom. The standard InChI is InChI=1S/C18H20N2O6/c1-10-7-14(12(3)26-10)18(23)20-19-11(2)13-5-6-15(16(8-13)24-4)25-9-17(21)22/h5-8H,9H2,1-4H3,(H,20,23)(H,21,22)/p-1/b19-11-. The van der Waals surface area contributed by atoms with Gasteiger partial charge in [0.15, 0.2) is 11.5 Å². The van der Waals surface area contributed by atoms with Crippen molar-refractivity contribution >= 4 is 17.6 Å². The number of nitrogens with zero attached hydrogens (tertiary/aromatic N) is 1.